The number of aromatic nitrogens is 1. The van der Waals surface area contributed by atoms with Gasteiger partial charge in [-0.1, -0.05) is 30.3 Å². The molecule has 1 fully saturated rings. The molecule has 2 aliphatic rings. The lowest BCUT2D eigenvalue weighted by atomic mass is 10.1. The molecule has 0 saturated carbocycles. The molecule has 5 heteroatoms. The summed E-state index contributed by atoms with van der Waals surface area (Å²) in [6.07, 6.45) is 6.40. The van der Waals surface area contributed by atoms with Crippen molar-refractivity contribution in [1.29, 1.82) is 0 Å². The topological polar surface area (TPSA) is 34.6 Å². The zero-order valence-electron chi connectivity index (χ0n) is 14.8. The van der Waals surface area contributed by atoms with Crippen LogP contribution >= 0.6 is 0 Å². The first-order valence-electron chi connectivity index (χ1n) is 8.93. The standard InChI is InChI=1S/C20H25N5/c1-16-14-19(8-9-21-16)24-12-13-25(23-11-10-22-17(2)15-23)20(24)18-6-4-3-5-7-18/h3-9,12-14,17,20,22H,10-11,15H2,1-2H3/t17-,20?/m1/s1. The van der Waals surface area contributed by atoms with Gasteiger partial charge in [0.05, 0.1) is 0 Å². The number of hydrazine groups is 1. The van der Waals surface area contributed by atoms with Crippen LogP contribution in [0.2, 0.25) is 0 Å². The summed E-state index contributed by atoms with van der Waals surface area (Å²) in [4.78, 5) is 6.67. The number of piperazine rings is 1. The van der Waals surface area contributed by atoms with Crippen LogP contribution in [0.5, 0.6) is 0 Å². The van der Waals surface area contributed by atoms with Crippen LogP contribution in [0.3, 0.4) is 0 Å². The van der Waals surface area contributed by atoms with Gasteiger partial charge in [0.25, 0.3) is 0 Å². The summed E-state index contributed by atoms with van der Waals surface area (Å²) in [7, 11) is 0. The van der Waals surface area contributed by atoms with Gasteiger partial charge in [0.1, 0.15) is 6.17 Å². The van der Waals surface area contributed by atoms with E-state index in [2.05, 4.69) is 87.0 Å². The largest absolute Gasteiger partial charge is 0.320 e. The number of hydrogen-bond acceptors (Lipinski definition) is 5. The summed E-state index contributed by atoms with van der Waals surface area (Å²) < 4.78 is 0. The summed E-state index contributed by atoms with van der Waals surface area (Å²) in [5, 5.41) is 8.35. The highest BCUT2D eigenvalue weighted by molar-refractivity contribution is 5.53. The highest BCUT2D eigenvalue weighted by Crippen LogP contribution is 2.36. The summed E-state index contributed by atoms with van der Waals surface area (Å²) in [6.45, 7) is 7.32. The average Bonchev–Trinajstić information content (AvgIpc) is 3.07. The van der Waals surface area contributed by atoms with E-state index in [0.29, 0.717) is 6.04 Å². The first kappa shape index (κ1) is 16.1. The number of rotatable bonds is 3. The predicted octanol–water partition coefficient (Wildman–Crippen LogP) is 2.89. The Labute approximate surface area is 149 Å². The minimum absolute atomic E-state index is 0.133. The number of hydrogen-bond donors (Lipinski definition) is 1. The first-order chi connectivity index (χ1) is 12.2. The molecular weight excluding hydrogens is 310 g/mol. The molecule has 2 aliphatic heterocycles. The Kier molecular flexibility index (Phi) is 4.42. The van der Waals surface area contributed by atoms with E-state index in [4.69, 9.17) is 0 Å². The van der Waals surface area contributed by atoms with Gasteiger partial charge in [-0.2, -0.15) is 0 Å². The number of benzene rings is 1. The van der Waals surface area contributed by atoms with Gasteiger partial charge >= 0.3 is 0 Å². The molecule has 5 nitrogen and oxygen atoms in total. The zero-order valence-corrected chi connectivity index (χ0v) is 14.8. The molecule has 1 aromatic heterocycles. The third-order valence-corrected chi connectivity index (χ3v) is 4.84. The Morgan fingerprint density at radius 2 is 1.96 bits per heavy atom. The van der Waals surface area contributed by atoms with Gasteiger partial charge in [0.2, 0.25) is 0 Å². The van der Waals surface area contributed by atoms with Crippen LogP contribution in [-0.2, 0) is 0 Å². The lowest BCUT2D eigenvalue weighted by molar-refractivity contribution is -0.0262. The van der Waals surface area contributed by atoms with Gasteiger partial charge in [-0.3, -0.25) is 9.99 Å². The van der Waals surface area contributed by atoms with Crippen molar-refractivity contribution >= 4 is 5.69 Å². The van der Waals surface area contributed by atoms with Gasteiger partial charge in [0.15, 0.2) is 0 Å². The van der Waals surface area contributed by atoms with Crippen LogP contribution in [0.25, 0.3) is 0 Å². The van der Waals surface area contributed by atoms with Crippen molar-refractivity contribution in [1.82, 2.24) is 20.3 Å². The molecule has 3 heterocycles. The minimum Gasteiger partial charge on any atom is -0.320 e. The predicted molar refractivity (Wildman–Crippen MR) is 101 cm³/mol. The smallest absolute Gasteiger partial charge is 0.146 e. The van der Waals surface area contributed by atoms with Gasteiger partial charge in [-0.05, 0) is 31.5 Å². The second kappa shape index (κ2) is 6.86. The van der Waals surface area contributed by atoms with Crippen LogP contribution in [-0.4, -0.2) is 40.7 Å². The van der Waals surface area contributed by atoms with E-state index >= 15 is 0 Å². The van der Waals surface area contributed by atoms with Crippen LogP contribution in [0.1, 0.15) is 24.3 Å². The van der Waals surface area contributed by atoms with E-state index in [9.17, 15) is 0 Å². The molecule has 2 aromatic rings. The molecule has 1 unspecified atom stereocenters. The van der Waals surface area contributed by atoms with Crippen LogP contribution in [0.15, 0.2) is 61.1 Å². The monoisotopic (exact) mass is 335 g/mol. The molecule has 0 spiro atoms. The van der Waals surface area contributed by atoms with E-state index in [1.165, 1.54) is 11.3 Å². The highest BCUT2D eigenvalue weighted by Gasteiger charge is 2.34. The van der Waals surface area contributed by atoms with E-state index < -0.39 is 0 Å². The molecular formula is C20H25N5. The Hall–Kier alpha value is -2.37. The Balaban J connectivity index is 1.69. The van der Waals surface area contributed by atoms with Crippen LogP contribution in [0.4, 0.5) is 5.69 Å². The van der Waals surface area contributed by atoms with Crippen molar-refractivity contribution < 1.29 is 0 Å². The van der Waals surface area contributed by atoms with Crippen molar-refractivity contribution in [3.05, 3.63) is 72.3 Å². The maximum Gasteiger partial charge on any atom is 0.146 e. The van der Waals surface area contributed by atoms with Crippen molar-refractivity contribution in [2.24, 2.45) is 0 Å². The molecule has 0 amide bonds. The average molecular weight is 335 g/mol. The zero-order chi connectivity index (χ0) is 17.2. The van der Waals surface area contributed by atoms with Gasteiger partial charge in [-0.15, -0.1) is 0 Å². The second-order valence-corrected chi connectivity index (χ2v) is 6.79. The van der Waals surface area contributed by atoms with Gasteiger partial charge < -0.3 is 10.2 Å². The molecule has 4 rings (SSSR count). The summed E-state index contributed by atoms with van der Waals surface area (Å²) in [6, 6.07) is 15.4. The quantitative estimate of drug-likeness (QED) is 0.933. The van der Waals surface area contributed by atoms with Crippen molar-refractivity contribution in [3.63, 3.8) is 0 Å². The summed E-state index contributed by atoms with van der Waals surface area (Å²) >= 11 is 0. The Morgan fingerprint density at radius 1 is 1.12 bits per heavy atom. The third kappa shape index (κ3) is 3.25. The molecule has 0 radical (unpaired) electrons. The molecule has 25 heavy (non-hydrogen) atoms. The minimum atomic E-state index is 0.133. The van der Waals surface area contributed by atoms with E-state index in [-0.39, 0.29) is 6.17 Å². The van der Waals surface area contributed by atoms with E-state index in [1.807, 2.05) is 13.1 Å². The number of nitrogens with one attached hydrogen (secondary N) is 1. The molecule has 1 N–H and O–H groups in total. The van der Waals surface area contributed by atoms with Crippen molar-refractivity contribution in [2.75, 3.05) is 24.5 Å². The van der Waals surface area contributed by atoms with Gasteiger partial charge in [0, 0.05) is 55.7 Å². The van der Waals surface area contributed by atoms with Crippen LogP contribution in [0, 0.1) is 6.92 Å². The first-order valence-corrected chi connectivity index (χ1v) is 8.93. The van der Waals surface area contributed by atoms with Crippen LogP contribution < -0.4 is 10.2 Å². The number of nitrogens with zero attached hydrogens (tertiary/aromatic N) is 4. The molecule has 0 bridgehead atoms. The molecule has 0 aliphatic carbocycles. The number of anilines is 1. The lowest BCUT2D eigenvalue weighted by Gasteiger charge is -2.43. The summed E-state index contributed by atoms with van der Waals surface area (Å²) in [5.41, 5.74) is 3.49. The van der Waals surface area contributed by atoms with E-state index in [0.717, 1.165) is 25.3 Å². The summed E-state index contributed by atoms with van der Waals surface area (Å²) in [5.74, 6) is 0. The molecule has 1 aromatic carbocycles. The fourth-order valence-corrected chi connectivity index (χ4v) is 3.66. The lowest BCUT2D eigenvalue weighted by Crippen LogP contribution is -2.55. The third-order valence-electron chi connectivity index (χ3n) is 4.84. The maximum absolute atomic E-state index is 4.34. The van der Waals surface area contributed by atoms with Crippen molar-refractivity contribution in [2.45, 2.75) is 26.1 Å². The fraction of sp³-hybridized carbons (Fsp3) is 0.350. The number of aryl methyl sites for hydroxylation is 1. The molecule has 2 atom stereocenters. The van der Waals surface area contributed by atoms with Gasteiger partial charge in [-0.25, -0.2) is 5.01 Å². The second-order valence-electron chi connectivity index (χ2n) is 6.79. The maximum atomic E-state index is 4.34. The Morgan fingerprint density at radius 3 is 2.72 bits per heavy atom. The van der Waals surface area contributed by atoms with Crippen molar-refractivity contribution in [3.8, 4) is 0 Å². The van der Waals surface area contributed by atoms with E-state index in [1.54, 1.807) is 0 Å². The molecule has 1 saturated heterocycles. The normalized spacial score (nSPS) is 24.1. The number of pyridine rings is 1. The SMILES string of the molecule is Cc1cc(N2C=CN(N3CCN[C@H](C)C3)C2c2ccccc2)ccn1. The highest BCUT2D eigenvalue weighted by atomic mass is 15.7. The molecule has 130 valence electrons. The Bertz CT molecular complexity index is 745. The fourth-order valence-electron chi connectivity index (χ4n) is 3.66.